The van der Waals surface area contributed by atoms with Gasteiger partial charge < -0.3 is 4.74 Å². The summed E-state index contributed by atoms with van der Waals surface area (Å²) in [6.45, 7) is 6.45. The lowest BCUT2D eigenvalue weighted by Crippen LogP contribution is -2.75. The largest absolute Gasteiger partial charge is 0.494 e. The second-order valence-corrected chi connectivity index (χ2v) is 6.01. The van der Waals surface area contributed by atoms with Gasteiger partial charge in [0.15, 0.2) is 17.6 Å². The van der Waals surface area contributed by atoms with Crippen LogP contribution in [-0.2, 0) is 0 Å². The van der Waals surface area contributed by atoms with E-state index in [2.05, 4.69) is 0 Å². The number of hydrogen-bond donors (Lipinski definition) is 0. The van der Waals surface area contributed by atoms with Crippen molar-refractivity contribution >= 4 is 17.3 Å². The van der Waals surface area contributed by atoms with E-state index in [1.54, 1.807) is 12.1 Å². The van der Waals surface area contributed by atoms with Crippen molar-refractivity contribution in [3.05, 3.63) is 24.0 Å². The van der Waals surface area contributed by atoms with Crippen LogP contribution in [0.5, 0.6) is 5.75 Å². The lowest BCUT2D eigenvalue weighted by Gasteiger charge is -2.54. The molecule has 19 heavy (non-hydrogen) atoms. The molecule has 0 spiro atoms. The highest BCUT2D eigenvalue weighted by Crippen LogP contribution is 2.35. The van der Waals surface area contributed by atoms with Crippen LogP contribution in [0.3, 0.4) is 0 Å². The molecule has 2 bridgehead atoms. The highest BCUT2D eigenvalue weighted by Gasteiger charge is 2.49. The molecule has 104 valence electrons. The van der Waals surface area contributed by atoms with Crippen molar-refractivity contribution in [2.75, 3.05) is 52.4 Å². The van der Waals surface area contributed by atoms with Crippen LogP contribution in [0.25, 0.3) is 0 Å². The third-order valence-corrected chi connectivity index (χ3v) is 5.45. The van der Waals surface area contributed by atoms with Gasteiger partial charge >= 0.3 is 0 Å². The van der Waals surface area contributed by atoms with Gasteiger partial charge in [-0.2, -0.15) is 0 Å². The zero-order chi connectivity index (χ0) is 13.5. The van der Waals surface area contributed by atoms with Gasteiger partial charge in [0.1, 0.15) is 45.0 Å². The molecule has 5 heteroatoms. The molecule has 3 heterocycles. The molecule has 0 amide bonds. The summed E-state index contributed by atoms with van der Waals surface area (Å²) in [5.41, 5.74) is 1.07. The summed E-state index contributed by atoms with van der Waals surface area (Å²) in [4.78, 5) is 0. The highest BCUT2D eigenvalue weighted by molar-refractivity contribution is 6.17. The fourth-order valence-electron chi connectivity index (χ4n) is 3.40. The second kappa shape index (κ2) is 4.62. The van der Waals surface area contributed by atoms with Crippen molar-refractivity contribution in [1.82, 2.24) is 4.48 Å². The van der Waals surface area contributed by atoms with Crippen molar-refractivity contribution in [2.45, 2.75) is 0 Å². The number of methoxy groups -OCH3 is 1. The number of piperazine rings is 3. The second-order valence-electron chi connectivity index (χ2n) is 5.77. The maximum absolute atomic E-state index is 13.9. The smallest absolute Gasteiger partial charge is 0.170 e. The molecule has 0 unspecified atom stereocenters. The Bertz CT molecular complexity index is 470. The topological polar surface area (TPSA) is 9.23 Å². The van der Waals surface area contributed by atoms with Gasteiger partial charge in [-0.1, -0.05) is 11.6 Å². The number of hydrogen-bond acceptors (Lipinski definition) is 1. The molecule has 1 aromatic rings. The maximum Gasteiger partial charge on any atom is 0.170 e. The number of fused-ring (bicyclic) bond motifs is 3. The van der Waals surface area contributed by atoms with E-state index in [9.17, 15) is 4.39 Å². The lowest BCUT2D eigenvalue weighted by atomic mass is 10.1. The molecule has 0 saturated carbocycles. The molecule has 3 fully saturated rings. The Morgan fingerprint density at radius 3 is 2.26 bits per heavy atom. The SMILES string of the molecule is COc1ccc([N+]23CC[N+](CCl)(CC2)CC3)cc1F. The van der Waals surface area contributed by atoms with E-state index in [1.165, 1.54) is 7.11 Å². The van der Waals surface area contributed by atoms with Crippen molar-refractivity contribution in [1.29, 1.82) is 0 Å². The first kappa shape index (κ1) is 13.2. The van der Waals surface area contributed by atoms with Gasteiger partial charge in [0.2, 0.25) is 0 Å². The molecule has 3 aliphatic heterocycles. The average molecular weight is 287 g/mol. The number of quaternary nitrogens is 2. The Kier molecular flexibility index (Phi) is 3.20. The molecule has 0 atom stereocenters. The molecule has 0 N–H and O–H groups in total. The molecule has 1 aromatic carbocycles. The Morgan fingerprint density at radius 1 is 1.16 bits per heavy atom. The number of alkyl halides is 1. The first-order valence-electron chi connectivity index (χ1n) is 6.74. The Hall–Kier alpha value is -0.840. The number of rotatable bonds is 3. The van der Waals surface area contributed by atoms with E-state index in [0.29, 0.717) is 11.8 Å². The van der Waals surface area contributed by atoms with E-state index in [4.69, 9.17) is 16.3 Å². The lowest BCUT2D eigenvalue weighted by molar-refractivity contribution is -0.930. The number of halogens is 2. The zero-order valence-corrected chi connectivity index (χ0v) is 12.0. The molecule has 3 nitrogen and oxygen atoms in total. The maximum atomic E-state index is 13.9. The van der Waals surface area contributed by atoms with Gasteiger partial charge in [0.05, 0.1) is 7.11 Å². The van der Waals surface area contributed by atoms with Crippen molar-refractivity contribution in [3.8, 4) is 5.75 Å². The molecule has 0 aromatic heterocycles. The number of benzene rings is 1. The Morgan fingerprint density at radius 2 is 1.79 bits per heavy atom. The molecule has 0 aliphatic carbocycles. The molecule has 3 aliphatic rings. The molecule has 4 rings (SSSR count). The van der Waals surface area contributed by atoms with Crippen LogP contribution in [-0.4, -0.2) is 56.9 Å². The zero-order valence-electron chi connectivity index (χ0n) is 11.2. The van der Waals surface area contributed by atoms with Gasteiger partial charge in [-0.05, 0) is 6.07 Å². The highest BCUT2D eigenvalue weighted by atomic mass is 35.5. The van der Waals surface area contributed by atoms with Crippen LogP contribution in [0.15, 0.2) is 18.2 Å². The van der Waals surface area contributed by atoms with Gasteiger partial charge in [0, 0.05) is 12.1 Å². The Labute approximate surface area is 118 Å². The number of nitrogens with zero attached hydrogens (tertiary/aromatic N) is 2. The minimum absolute atomic E-state index is 0.262. The average Bonchev–Trinajstić information content (AvgIpc) is 2.49. The predicted molar refractivity (Wildman–Crippen MR) is 74.9 cm³/mol. The number of ether oxygens (including phenoxy) is 1. The molecular weight excluding hydrogens is 267 g/mol. The van der Waals surface area contributed by atoms with E-state index in [-0.39, 0.29) is 5.82 Å². The quantitative estimate of drug-likeness (QED) is 0.470. The summed E-state index contributed by atoms with van der Waals surface area (Å²) in [7, 11) is 1.50. The Balaban J connectivity index is 1.89. The fourth-order valence-corrected chi connectivity index (χ4v) is 3.76. The normalized spacial score (nSPS) is 33.4. The first-order valence-corrected chi connectivity index (χ1v) is 7.28. The summed E-state index contributed by atoms with van der Waals surface area (Å²) in [5, 5.41) is 0. The van der Waals surface area contributed by atoms with Gasteiger partial charge in [-0.15, -0.1) is 0 Å². The van der Waals surface area contributed by atoms with Gasteiger partial charge in [-0.25, -0.2) is 4.39 Å². The van der Waals surface area contributed by atoms with Crippen LogP contribution in [0.4, 0.5) is 10.1 Å². The van der Waals surface area contributed by atoms with E-state index in [0.717, 1.165) is 53.9 Å². The third kappa shape index (κ3) is 2.02. The summed E-state index contributed by atoms with van der Waals surface area (Å²) in [6.07, 6.45) is 0. The summed E-state index contributed by atoms with van der Waals surface area (Å²) in [6, 6.07) is 6.10. The van der Waals surface area contributed by atoms with Crippen LogP contribution < -0.4 is 9.22 Å². The fraction of sp³-hybridized carbons (Fsp3) is 0.571. The monoisotopic (exact) mass is 286 g/mol. The van der Waals surface area contributed by atoms with E-state index in [1.807, 2.05) is 6.07 Å². The van der Waals surface area contributed by atoms with Gasteiger partial charge in [-0.3, -0.25) is 8.97 Å². The predicted octanol–water partition coefficient (Wildman–Crippen LogP) is 2.18. The first-order chi connectivity index (χ1) is 9.13. The van der Waals surface area contributed by atoms with Crippen LogP contribution in [0.2, 0.25) is 0 Å². The van der Waals surface area contributed by atoms with Crippen molar-refractivity contribution in [3.63, 3.8) is 0 Å². The van der Waals surface area contributed by atoms with Crippen LogP contribution in [0, 0.1) is 5.82 Å². The van der Waals surface area contributed by atoms with Gasteiger partial charge in [0.25, 0.3) is 0 Å². The van der Waals surface area contributed by atoms with Crippen molar-refractivity contribution < 1.29 is 13.6 Å². The summed E-state index contributed by atoms with van der Waals surface area (Å²) < 4.78 is 20.8. The standard InChI is InChI=1S/C14H20ClFN2O/c1-19-14-3-2-12(10-13(14)16)18-7-4-17(11-15,5-8-18)6-9-18/h2-3,10H,4-9,11H2,1H3/q+2. The van der Waals surface area contributed by atoms with E-state index < -0.39 is 0 Å². The molecular formula is C14H20ClFN2O+2. The van der Waals surface area contributed by atoms with Crippen molar-refractivity contribution in [2.24, 2.45) is 0 Å². The molecule has 3 saturated heterocycles. The minimum atomic E-state index is -0.262. The van der Waals surface area contributed by atoms with E-state index >= 15 is 0 Å². The summed E-state index contributed by atoms with van der Waals surface area (Å²) in [5.74, 6) is 0.0589. The molecule has 0 radical (unpaired) electrons. The third-order valence-electron chi connectivity index (χ3n) is 4.94. The minimum Gasteiger partial charge on any atom is -0.494 e. The van der Waals surface area contributed by atoms with Crippen LogP contribution >= 0.6 is 11.6 Å². The van der Waals surface area contributed by atoms with Crippen LogP contribution in [0.1, 0.15) is 0 Å². The summed E-state index contributed by atoms with van der Waals surface area (Å²) >= 11 is 6.11.